The highest BCUT2D eigenvalue weighted by Gasteiger charge is 2.33. The number of thioether (sulfide) groups is 1. The average Bonchev–Trinajstić information content (AvgIpc) is 2.39. The van der Waals surface area contributed by atoms with E-state index in [1.807, 2.05) is 11.8 Å². The van der Waals surface area contributed by atoms with Gasteiger partial charge in [0, 0.05) is 5.75 Å². The van der Waals surface area contributed by atoms with Crippen molar-refractivity contribution in [1.82, 2.24) is 0 Å². The Balaban J connectivity index is 2.40. The fraction of sp³-hybridized carbons (Fsp3) is 1.00. The molecule has 0 aliphatic carbocycles. The summed E-state index contributed by atoms with van der Waals surface area (Å²) in [6, 6.07) is 0. The van der Waals surface area contributed by atoms with Crippen LogP contribution >= 0.6 is 11.8 Å². The summed E-state index contributed by atoms with van der Waals surface area (Å²) in [6.45, 7) is 5.43. The van der Waals surface area contributed by atoms with Crippen molar-refractivity contribution in [3.8, 4) is 0 Å². The monoisotopic (exact) mass is 174 g/mol. The molecule has 0 aromatic rings. The molecule has 0 bridgehead atoms. The first-order valence-corrected chi connectivity index (χ1v) is 5.59. The summed E-state index contributed by atoms with van der Waals surface area (Å²) in [5, 5.41) is 0. The normalized spacial score (nSPS) is 22.4. The van der Waals surface area contributed by atoms with Gasteiger partial charge in [0.15, 0.2) is 0 Å². The fourth-order valence-corrected chi connectivity index (χ4v) is 3.07. The Labute approximate surface area is 73.9 Å². The lowest BCUT2D eigenvalue weighted by Gasteiger charge is -2.26. The van der Waals surface area contributed by atoms with E-state index in [0.29, 0.717) is 0 Å². The number of hydrogen-bond acceptors (Lipinski definition) is 2. The first kappa shape index (κ1) is 9.40. The molecule has 0 aromatic carbocycles. The first-order chi connectivity index (χ1) is 5.33. The summed E-state index contributed by atoms with van der Waals surface area (Å²) < 4.78 is 5.78. The van der Waals surface area contributed by atoms with Gasteiger partial charge in [0.25, 0.3) is 0 Å². The predicted molar refractivity (Wildman–Crippen MR) is 51.0 cm³/mol. The van der Waals surface area contributed by atoms with Crippen molar-refractivity contribution in [2.75, 3.05) is 12.4 Å². The fourth-order valence-electron chi connectivity index (χ4n) is 1.67. The van der Waals surface area contributed by atoms with Crippen molar-refractivity contribution in [2.45, 2.75) is 44.5 Å². The van der Waals surface area contributed by atoms with Crippen molar-refractivity contribution in [1.29, 1.82) is 0 Å². The molecular formula is C9H18OS. The van der Waals surface area contributed by atoms with Gasteiger partial charge in [0.1, 0.15) is 4.93 Å². The summed E-state index contributed by atoms with van der Waals surface area (Å²) in [6.07, 6.45) is 4.94. The maximum Gasteiger partial charge on any atom is 0.113 e. The minimum absolute atomic E-state index is 0.212. The Morgan fingerprint density at radius 1 is 1.27 bits per heavy atom. The second-order valence-electron chi connectivity index (χ2n) is 3.11. The highest BCUT2D eigenvalue weighted by molar-refractivity contribution is 8.00. The molecule has 0 saturated carbocycles. The molecule has 0 N–H and O–H groups in total. The van der Waals surface area contributed by atoms with Gasteiger partial charge in [0.2, 0.25) is 0 Å². The van der Waals surface area contributed by atoms with Crippen LogP contribution in [0, 0.1) is 0 Å². The second-order valence-corrected chi connectivity index (χ2v) is 4.55. The van der Waals surface area contributed by atoms with Gasteiger partial charge in [-0.3, -0.25) is 0 Å². The zero-order valence-corrected chi connectivity index (χ0v) is 8.38. The van der Waals surface area contributed by atoms with E-state index in [-0.39, 0.29) is 4.93 Å². The predicted octanol–water partition coefficient (Wildman–Crippen LogP) is 3.05. The van der Waals surface area contributed by atoms with Crippen molar-refractivity contribution < 1.29 is 4.74 Å². The van der Waals surface area contributed by atoms with Crippen molar-refractivity contribution in [3.05, 3.63) is 0 Å². The lowest BCUT2D eigenvalue weighted by molar-refractivity contribution is 0.0375. The highest BCUT2D eigenvalue weighted by atomic mass is 32.2. The lowest BCUT2D eigenvalue weighted by atomic mass is 10.1. The SMILES string of the molecule is CCCC1(CCC)OCCS1. The highest BCUT2D eigenvalue weighted by Crippen LogP contribution is 2.40. The average molecular weight is 174 g/mol. The van der Waals surface area contributed by atoms with Gasteiger partial charge in [-0.15, -0.1) is 11.8 Å². The third kappa shape index (κ3) is 2.38. The molecule has 1 aliphatic rings. The minimum Gasteiger partial charge on any atom is -0.363 e. The van der Waals surface area contributed by atoms with Crippen molar-refractivity contribution >= 4 is 11.8 Å². The van der Waals surface area contributed by atoms with E-state index >= 15 is 0 Å². The van der Waals surface area contributed by atoms with E-state index in [1.165, 1.54) is 31.4 Å². The molecule has 11 heavy (non-hydrogen) atoms. The molecule has 0 unspecified atom stereocenters. The number of hydrogen-bond donors (Lipinski definition) is 0. The Hall–Kier alpha value is 0.310. The van der Waals surface area contributed by atoms with Crippen LogP contribution in [0.1, 0.15) is 39.5 Å². The Morgan fingerprint density at radius 3 is 2.27 bits per heavy atom. The molecule has 1 nitrogen and oxygen atoms in total. The third-order valence-electron chi connectivity index (χ3n) is 2.08. The van der Waals surface area contributed by atoms with E-state index in [2.05, 4.69) is 13.8 Å². The molecular weight excluding hydrogens is 156 g/mol. The van der Waals surface area contributed by atoms with E-state index < -0.39 is 0 Å². The van der Waals surface area contributed by atoms with Gasteiger partial charge >= 0.3 is 0 Å². The van der Waals surface area contributed by atoms with Crippen LogP contribution < -0.4 is 0 Å². The standard InChI is InChI=1S/C9H18OS/c1-3-5-9(6-4-2)10-7-8-11-9/h3-8H2,1-2H3. The molecule has 0 aromatic heterocycles. The van der Waals surface area contributed by atoms with Crippen molar-refractivity contribution in [2.24, 2.45) is 0 Å². The Morgan fingerprint density at radius 2 is 1.91 bits per heavy atom. The first-order valence-electron chi connectivity index (χ1n) is 4.61. The van der Waals surface area contributed by atoms with Crippen LogP contribution in [0.25, 0.3) is 0 Å². The molecule has 1 fully saturated rings. The summed E-state index contributed by atoms with van der Waals surface area (Å²) >= 11 is 2.02. The van der Waals surface area contributed by atoms with E-state index in [1.54, 1.807) is 0 Å². The van der Waals surface area contributed by atoms with Crippen LogP contribution in [0.4, 0.5) is 0 Å². The third-order valence-corrected chi connectivity index (χ3v) is 3.50. The van der Waals surface area contributed by atoms with Crippen LogP contribution in [0.5, 0.6) is 0 Å². The second kappa shape index (κ2) is 4.36. The molecule has 0 atom stereocenters. The zero-order valence-electron chi connectivity index (χ0n) is 7.56. The quantitative estimate of drug-likeness (QED) is 0.648. The maximum absolute atomic E-state index is 5.78. The summed E-state index contributed by atoms with van der Waals surface area (Å²) in [7, 11) is 0. The molecule has 0 radical (unpaired) electrons. The van der Waals surface area contributed by atoms with Gasteiger partial charge in [-0.05, 0) is 12.8 Å². The largest absolute Gasteiger partial charge is 0.363 e. The molecule has 66 valence electrons. The van der Waals surface area contributed by atoms with Gasteiger partial charge in [-0.1, -0.05) is 26.7 Å². The van der Waals surface area contributed by atoms with Crippen LogP contribution in [-0.2, 0) is 4.74 Å². The van der Waals surface area contributed by atoms with Gasteiger partial charge in [-0.2, -0.15) is 0 Å². The summed E-state index contributed by atoms with van der Waals surface area (Å²) in [5.41, 5.74) is 0. The molecule has 1 aliphatic heterocycles. The van der Waals surface area contributed by atoms with E-state index in [0.717, 1.165) is 6.61 Å². The molecule has 0 amide bonds. The van der Waals surface area contributed by atoms with Crippen LogP contribution in [0.2, 0.25) is 0 Å². The topological polar surface area (TPSA) is 9.23 Å². The molecule has 1 rings (SSSR count). The van der Waals surface area contributed by atoms with Gasteiger partial charge in [-0.25, -0.2) is 0 Å². The smallest absolute Gasteiger partial charge is 0.113 e. The Kier molecular flexibility index (Phi) is 3.73. The summed E-state index contributed by atoms with van der Waals surface area (Å²) in [4.78, 5) is 0.212. The number of ether oxygens (including phenoxy) is 1. The van der Waals surface area contributed by atoms with Gasteiger partial charge < -0.3 is 4.74 Å². The van der Waals surface area contributed by atoms with Crippen molar-refractivity contribution in [3.63, 3.8) is 0 Å². The van der Waals surface area contributed by atoms with Crippen LogP contribution in [0.3, 0.4) is 0 Å². The lowest BCUT2D eigenvalue weighted by Crippen LogP contribution is -2.23. The van der Waals surface area contributed by atoms with Crippen LogP contribution in [0.15, 0.2) is 0 Å². The van der Waals surface area contributed by atoms with E-state index in [9.17, 15) is 0 Å². The van der Waals surface area contributed by atoms with Gasteiger partial charge in [0.05, 0.1) is 6.61 Å². The maximum atomic E-state index is 5.78. The van der Waals surface area contributed by atoms with Crippen LogP contribution in [-0.4, -0.2) is 17.3 Å². The van der Waals surface area contributed by atoms with E-state index in [4.69, 9.17) is 4.74 Å². The number of rotatable bonds is 4. The molecule has 2 heteroatoms. The molecule has 1 heterocycles. The molecule has 0 spiro atoms. The Bertz CT molecular complexity index is 100. The molecule has 1 saturated heterocycles. The minimum atomic E-state index is 0.212. The zero-order chi connectivity index (χ0) is 8.16. The summed E-state index contributed by atoms with van der Waals surface area (Å²) in [5.74, 6) is 1.19.